The van der Waals surface area contributed by atoms with Crippen molar-refractivity contribution in [3.05, 3.63) is 10.4 Å². The summed E-state index contributed by atoms with van der Waals surface area (Å²) in [6, 6.07) is 0. The second-order valence-electron chi connectivity index (χ2n) is 2.32. The molecule has 0 aromatic heterocycles. The first kappa shape index (κ1) is 9.29. The Morgan fingerprint density at radius 3 is 3.18 bits per heavy atom. The largest absolute Gasteiger partial charge is 0.396 e. The number of aliphatic hydroxyl groups is 1. The lowest BCUT2D eigenvalue weighted by Gasteiger charge is -2.01. The summed E-state index contributed by atoms with van der Waals surface area (Å²) in [5, 5.41) is 12.3. The van der Waals surface area contributed by atoms with Gasteiger partial charge in [-0.2, -0.15) is 0 Å². The molecule has 0 saturated carbocycles. The highest BCUT2D eigenvalue weighted by Gasteiger charge is 2.11. The van der Waals surface area contributed by atoms with Crippen molar-refractivity contribution in [1.82, 2.24) is 5.32 Å². The highest BCUT2D eigenvalue weighted by molar-refractivity contribution is 8.22. The third-order valence-corrected chi connectivity index (χ3v) is 3.65. The molecule has 1 rings (SSSR count). The molecular weight excluding hydrogens is 178 g/mol. The van der Waals surface area contributed by atoms with E-state index in [-0.39, 0.29) is 0 Å². The molecule has 0 amide bonds. The van der Waals surface area contributed by atoms with E-state index in [1.54, 1.807) is 0 Å². The SMILES string of the molecule is CC1NC=C(SCCCO)S1. The Morgan fingerprint density at radius 2 is 2.64 bits per heavy atom. The van der Waals surface area contributed by atoms with Crippen molar-refractivity contribution in [2.24, 2.45) is 0 Å². The van der Waals surface area contributed by atoms with Gasteiger partial charge in [-0.25, -0.2) is 0 Å². The van der Waals surface area contributed by atoms with Gasteiger partial charge in [0.2, 0.25) is 0 Å². The summed E-state index contributed by atoms with van der Waals surface area (Å²) in [5.74, 6) is 1.02. The van der Waals surface area contributed by atoms with E-state index in [1.807, 2.05) is 23.5 Å². The van der Waals surface area contributed by atoms with Gasteiger partial charge in [0.05, 0.1) is 9.61 Å². The number of aliphatic hydroxyl groups excluding tert-OH is 1. The second-order valence-corrected chi connectivity index (χ2v) is 5.09. The zero-order chi connectivity index (χ0) is 8.10. The molecule has 0 aliphatic carbocycles. The lowest BCUT2D eigenvalue weighted by atomic mass is 10.5. The van der Waals surface area contributed by atoms with Crippen LogP contribution in [0.15, 0.2) is 10.4 Å². The van der Waals surface area contributed by atoms with Crippen LogP contribution in [0.3, 0.4) is 0 Å². The smallest absolute Gasteiger partial charge is 0.0741 e. The summed E-state index contributed by atoms with van der Waals surface area (Å²) in [7, 11) is 0. The zero-order valence-electron chi connectivity index (χ0n) is 6.54. The van der Waals surface area contributed by atoms with Crippen molar-refractivity contribution in [1.29, 1.82) is 0 Å². The molecule has 0 bridgehead atoms. The summed E-state index contributed by atoms with van der Waals surface area (Å²) in [6.45, 7) is 2.44. The van der Waals surface area contributed by atoms with Crippen LogP contribution in [0.25, 0.3) is 0 Å². The quantitative estimate of drug-likeness (QED) is 0.661. The van der Waals surface area contributed by atoms with Crippen molar-refractivity contribution < 1.29 is 5.11 Å². The molecule has 1 unspecified atom stereocenters. The van der Waals surface area contributed by atoms with Gasteiger partial charge in [-0.05, 0) is 13.3 Å². The van der Waals surface area contributed by atoms with Crippen molar-refractivity contribution in [2.75, 3.05) is 12.4 Å². The fraction of sp³-hybridized carbons (Fsp3) is 0.714. The van der Waals surface area contributed by atoms with Crippen LogP contribution in [0.5, 0.6) is 0 Å². The van der Waals surface area contributed by atoms with Crippen molar-refractivity contribution in [2.45, 2.75) is 18.7 Å². The Balaban J connectivity index is 2.08. The Labute approximate surface area is 75.8 Å². The molecule has 1 aliphatic heterocycles. The van der Waals surface area contributed by atoms with Crippen LogP contribution in [-0.4, -0.2) is 22.8 Å². The summed E-state index contributed by atoms with van der Waals surface area (Å²) in [4.78, 5) is 0. The van der Waals surface area contributed by atoms with E-state index in [9.17, 15) is 0 Å². The maximum Gasteiger partial charge on any atom is 0.0741 e. The first-order valence-corrected chi connectivity index (χ1v) is 5.56. The van der Waals surface area contributed by atoms with Crippen LogP contribution < -0.4 is 5.32 Å². The predicted octanol–water partition coefficient (Wildman–Crippen LogP) is 1.58. The summed E-state index contributed by atoms with van der Waals surface area (Å²) in [5.41, 5.74) is 0. The second kappa shape index (κ2) is 4.95. The van der Waals surface area contributed by atoms with Crippen LogP contribution >= 0.6 is 23.5 Å². The van der Waals surface area contributed by atoms with Gasteiger partial charge in [0.25, 0.3) is 0 Å². The molecule has 64 valence electrons. The molecule has 0 saturated heterocycles. The molecule has 1 aliphatic rings. The van der Waals surface area contributed by atoms with Gasteiger partial charge in [-0.1, -0.05) is 11.8 Å². The monoisotopic (exact) mass is 191 g/mol. The minimum atomic E-state index is 0.300. The fourth-order valence-corrected chi connectivity index (χ4v) is 2.94. The molecule has 0 fully saturated rings. The van der Waals surface area contributed by atoms with Gasteiger partial charge in [-0.15, -0.1) is 11.8 Å². The number of hydrogen-bond acceptors (Lipinski definition) is 4. The van der Waals surface area contributed by atoms with Crippen LogP contribution in [0.1, 0.15) is 13.3 Å². The molecule has 1 heterocycles. The molecule has 1 atom stereocenters. The molecule has 4 heteroatoms. The minimum absolute atomic E-state index is 0.300. The summed E-state index contributed by atoms with van der Waals surface area (Å²) < 4.78 is 1.34. The fourth-order valence-electron chi connectivity index (χ4n) is 0.741. The van der Waals surface area contributed by atoms with E-state index < -0.39 is 0 Å². The highest BCUT2D eigenvalue weighted by atomic mass is 32.2. The lowest BCUT2D eigenvalue weighted by molar-refractivity contribution is 0.296. The predicted molar refractivity (Wildman–Crippen MR) is 52.4 cm³/mol. The van der Waals surface area contributed by atoms with Crippen molar-refractivity contribution in [3.63, 3.8) is 0 Å². The normalized spacial score (nSPS) is 23.1. The molecular formula is C7H13NOS2. The Morgan fingerprint density at radius 1 is 1.82 bits per heavy atom. The Hall–Kier alpha value is 0.200. The molecule has 0 aromatic carbocycles. The van der Waals surface area contributed by atoms with E-state index >= 15 is 0 Å². The van der Waals surface area contributed by atoms with Gasteiger partial charge in [0.15, 0.2) is 0 Å². The molecule has 11 heavy (non-hydrogen) atoms. The van der Waals surface area contributed by atoms with Crippen LogP contribution in [0.2, 0.25) is 0 Å². The highest BCUT2D eigenvalue weighted by Crippen LogP contribution is 2.34. The van der Waals surface area contributed by atoms with Crippen LogP contribution in [0.4, 0.5) is 0 Å². The summed E-state index contributed by atoms with van der Waals surface area (Å²) >= 11 is 3.66. The molecule has 0 aromatic rings. The van der Waals surface area contributed by atoms with E-state index in [0.29, 0.717) is 12.0 Å². The molecule has 0 radical (unpaired) electrons. The van der Waals surface area contributed by atoms with E-state index in [4.69, 9.17) is 5.11 Å². The van der Waals surface area contributed by atoms with Gasteiger partial charge >= 0.3 is 0 Å². The van der Waals surface area contributed by atoms with Crippen LogP contribution in [0, 0.1) is 0 Å². The average molecular weight is 191 g/mol. The number of thioether (sulfide) groups is 2. The zero-order valence-corrected chi connectivity index (χ0v) is 8.17. The van der Waals surface area contributed by atoms with Crippen LogP contribution in [-0.2, 0) is 0 Å². The average Bonchev–Trinajstić information content (AvgIpc) is 2.37. The maximum atomic E-state index is 8.54. The number of rotatable bonds is 4. The topological polar surface area (TPSA) is 32.3 Å². The van der Waals surface area contributed by atoms with E-state index in [2.05, 4.69) is 18.4 Å². The van der Waals surface area contributed by atoms with E-state index in [1.165, 1.54) is 4.24 Å². The van der Waals surface area contributed by atoms with Crippen molar-refractivity contribution in [3.8, 4) is 0 Å². The van der Waals surface area contributed by atoms with Crippen molar-refractivity contribution >= 4 is 23.5 Å². The van der Waals surface area contributed by atoms with E-state index in [0.717, 1.165) is 12.2 Å². The van der Waals surface area contributed by atoms with Gasteiger partial charge in [-0.3, -0.25) is 0 Å². The lowest BCUT2D eigenvalue weighted by Crippen LogP contribution is -2.09. The Kier molecular flexibility index (Phi) is 4.18. The molecule has 0 spiro atoms. The number of hydrogen-bond donors (Lipinski definition) is 2. The minimum Gasteiger partial charge on any atom is -0.396 e. The third kappa shape index (κ3) is 3.40. The first-order valence-electron chi connectivity index (χ1n) is 3.69. The summed E-state index contributed by atoms with van der Waals surface area (Å²) in [6.07, 6.45) is 2.94. The third-order valence-electron chi connectivity index (χ3n) is 1.28. The van der Waals surface area contributed by atoms with Gasteiger partial charge in [0.1, 0.15) is 0 Å². The standard InChI is InChI=1S/C7H13NOS2/c1-6-8-5-7(11-6)10-4-2-3-9/h5-6,8-9H,2-4H2,1H3. The van der Waals surface area contributed by atoms with Gasteiger partial charge < -0.3 is 10.4 Å². The maximum absolute atomic E-state index is 8.54. The number of nitrogens with one attached hydrogen (secondary N) is 1. The first-order chi connectivity index (χ1) is 5.33. The van der Waals surface area contributed by atoms with Gasteiger partial charge in [0, 0.05) is 18.6 Å². The Bertz CT molecular complexity index is 149. The molecule has 2 nitrogen and oxygen atoms in total. The molecule has 2 N–H and O–H groups in total.